The summed E-state index contributed by atoms with van der Waals surface area (Å²) < 4.78 is 11.1. The van der Waals surface area contributed by atoms with Crippen LogP contribution in [0.2, 0.25) is 0 Å². The molecule has 2 rings (SSSR count). The van der Waals surface area contributed by atoms with Gasteiger partial charge in [0.25, 0.3) is 0 Å². The summed E-state index contributed by atoms with van der Waals surface area (Å²) >= 11 is 0. The van der Waals surface area contributed by atoms with Crippen molar-refractivity contribution in [3.05, 3.63) is 23.8 Å². The second-order valence-corrected chi connectivity index (χ2v) is 4.86. The van der Waals surface area contributed by atoms with Crippen LogP contribution in [0.1, 0.15) is 18.9 Å². The zero-order valence-electron chi connectivity index (χ0n) is 11.9. The van der Waals surface area contributed by atoms with Gasteiger partial charge in [-0.3, -0.25) is 4.90 Å². The number of nitrogens with one attached hydrogen (secondary N) is 1. The van der Waals surface area contributed by atoms with Crippen molar-refractivity contribution in [2.45, 2.75) is 19.9 Å². The molecule has 1 saturated heterocycles. The first kappa shape index (κ1) is 14.2. The molecule has 0 atom stereocenters. The van der Waals surface area contributed by atoms with E-state index in [4.69, 9.17) is 9.47 Å². The van der Waals surface area contributed by atoms with E-state index < -0.39 is 0 Å². The Labute approximate surface area is 115 Å². The summed E-state index contributed by atoms with van der Waals surface area (Å²) in [6.45, 7) is 8.19. The molecule has 0 amide bonds. The zero-order valence-corrected chi connectivity index (χ0v) is 11.9. The van der Waals surface area contributed by atoms with Gasteiger partial charge in [0.15, 0.2) is 11.5 Å². The Morgan fingerprint density at radius 3 is 2.68 bits per heavy atom. The van der Waals surface area contributed by atoms with Gasteiger partial charge in [-0.1, -0.05) is 13.0 Å². The first-order chi connectivity index (χ1) is 9.33. The maximum absolute atomic E-state index is 5.75. The Morgan fingerprint density at radius 2 is 2.00 bits per heavy atom. The number of ether oxygens (including phenoxy) is 2. The SMILES string of the molecule is CCCOc1cc(CN2CCNCC2)ccc1OC. The second-order valence-electron chi connectivity index (χ2n) is 4.86. The molecule has 4 nitrogen and oxygen atoms in total. The fraction of sp³-hybridized carbons (Fsp3) is 0.600. The third-order valence-electron chi connectivity index (χ3n) is 3.31. The summed E-state index contributed by atoms with van der Waals surface area (Å²) in [5.41, 5.74) is 1.29. The number of hydrogen-bond donors (Lipinski definition) is 1. The molecule has 1 aliphatic heterocycles. The van der Waals surface area contributed by atoms with Crippen LogP contribution in [0.15, 0.2) is 18.2 Å². The second kappa shape index (κ2) is 7.36. The molecule has 0 saturated carbocycles. The Bertz CT molecular complexity index is 390. The van der Waals surface area contributed by atoms with E-state index in [1.807, 2.05) is 6.07 Å². The van der Waals surface area contributed by atoms with Crippen LogP contribution in [0.25, 0.3) is 0 Å². The molecule has 4 heteroatoms. The Balaban J connectivity index is 2.03. The predicted molar refractivity (Wildman–Crippen MR) is 76.9 cm³/mol. The normalized spacial score (nSPS) is 16.3. The largest absolute Gasteiger partial charge is 0.493 e. The van der Waals surface area contributed by atoms with Gasteiger partial charge in [-0.15, -0.1) is 0 Å². The van der Waals surface area contributed by atoms with Crippen molar-refractivity contribution in [3.8, 4) is 11.5 Å². The first-order valence-corrected chi connectivity index (χ1v) is 7.06. The molecule has 0 aromatic heterocycles. The first-order valence-electron chi connectivity index (χ1n) is 7.06. The number of benzene rings is 1. The van der Waals surface area contributed by atoms with Gasteiger partial charge in [0.05, 0.1) is 13.7 Å². The quantitative estimate of drug-likeness (QED) is 0.851. The molecule has 0 spiro atoms. The van der Waals surface area contributed by atoms with Crippen molar-refractivity contribution in [1.29, 1.82) is 0 Å². The highest BCUT2D eigenvalue weighted by Gasteiger charge is 2.12. The third kappa shape index (κ3) is 4.11. The lowest BCUT2D eigenvalue weighted by molar-refractivity contribution is 0.232. The van der Waals surface area contributed by atoms with Gasteiger partial charge in [0, 0.05) is 32.7 Å². The molecule has 0 radical (unpaired) electrons. The van der Waals surface area contributed by atoms with Crippen molar-refractivity contribution in [2.75, 3.05) is 39.9 Å². The third-order valence-corrected chi connectivity index (χ3v) is 3.31. The van der Waals surface area contributed by atoms with E-state index in [0.717, 1.165) is 57.3 Å². The van der Waals surface area contributed by atoms with Gasteiger partial charge >= 0.3 is 0 Å². The molecule has 0 aliphatic carbocycles. The highest BCUT2D eigenvalue weighted by Crippen LogP contribution is 2.28. The minimum absolute atomic E-state index is 0.730. The Kier molecular flexibility index (Phi) is 5.48. The van der Waals surface area contributed by atoms with E-state index >= 15 is 0 Å². The molecule has 0 unspecified atom stereocenters. The van der Waals surface area contributed by atoms with Gasteiger partial charge < -0.3 is 14.8 Å². The van der Waals surface area contributed by atoms with Crippen LogP contribution in [0.3, 0.4) is 0 Å². The molecular weight excluding hydrogens is 240 g/mol. The molecule has 1 N–H and O–H groups in total. The summed E-state index contributed by atoms with van der Waals surface area (Å²) in [4.78, 5) is 2.46. The summed E-state index contributed by atoms with van der Waals surface area (Å²) in [6.07, 6.45) is 1.01. The lowest BCUT2D eigenvalue weighted by Crippen LogP contribution is -2.42. The molecule has 1 aromatic rings. The summed E-state index contributed by atoms with van der Waals surface area (Å²) in [7, 11) is 1.68. The number of nitrogens with zero attached hydrogens (tertiary/aromatic N) is 1. The lowest BCUT2D eigenvalue weighted by atomic mass is 10.1. The smallest absolute Gasteiger partial charge is 0.161 e. The molecule has 1 fully saturated rings. The van der Waals surface area contributed by atoms with Crippen molar-refractivity contribution >= 4 is 0 Å². The summed E-state index contributed by atoms with van der Waals surface area (Å²) in [5, 5.41) is 3.37. The van der Waals surface area contributed by atoms with E-state index in [1.54, 1.807) is 7.11 Å². The van der Waals surface area contributed by atoms with E-state index in [-0.39, 0.29) is 0 Å². The maximum atomic E-state index is 5.75. The van der Waals surface area contributed by atoms with E-state index in [9.17, 15) is 0 Å². The monoisotopic (exact) mass is 264 g/mol. The van der Waals surface area contributed by atoms with Crippen LogP contribution in [0, 0.1) is 0 Å². The van der Waals surface area contributed by atoms with Crippen molar-refractivity contribution in [2.24, 2.45) is 0 Å². The minimum atomic E-state index is 0.730. The van der Waals surface area contributed by atoms with Crippen molar-refractivity contribution in [1.82, 2.24) is 10.2 Å². The average molecular weight is 264 g/mol. The van der Waals surface area contributed by atoms with Crippen LogP contribution in [0.4, 0.5) is 0 Å². The molecule has 0 bridgehead atoms. The fourth-order valence-electron chi connectivity index (χ4n) is 2.27. The maximum Gasteiger partial charge on any atom is 0.161 e. The summed E-state index contributed by atoms with van der Waals surface area (Å²) in [6, 6.07) is 6.23. The van der Waals surface area contributed by atoms with Gasteiger partial charge in [-0.2, -0.15) is 0 Å². The van der Waals surface area contributed by atoms with Crippen molar-refractivity contribution < 1.29 is 9.47 Å². The molecule has 19 heavy (non-hydrogen) atoms. The average Bonchev–Trinajstić information content (AvgIpc) is 2.46. The molecular formula is C15H24N2O2. The van der Waals surface area contributed by atoms with E-state index in [1.165, 1.54) is 5.56 Å². The van der Waals surface area contributed by atoms with Crippen molar-refractivity contribution in [3.63, 3.8) is 0 Å². The number of hydrogen-bond acceptors (Lipinski definition) is 4. The number of piperazine rings is 1. The number of methoxy groups -OCH3 is 1. The number of rotatable bonds is 6. The Hall–Kier alpha value is -1.26. The van der Waals surface area contributed by atoms with E-state index in [2.05, 4.69) is 29.3 Å². The van der Waals surface area contributed by atoms with Crippen LogP contribution in [-0.2, 0) is 6.54 Å². The van der Waals surface area contributed by atoms with Crippen LogP contribution >= 0.6 is 0 Å². The van der Waals surface area contributed by atoms with Gasteiger partial charge in [-0.05, 0) is 24.1 Å². The Morgan fingerprint density at radius 1 is 1.21 bits per heavy atom. The van der Waals surface area contributed by atoms with Crippen LogP contribution in [0.5, 0.6) is 11.5 Å². The van der Waals surface area contributed by atoms with Gasteiger partial charge in [-0.25, -0.2) is 0 Å². The standard InChI is InChI=1S/C15H24N2O2/c1-3-10-19-15-11-13(4-5-14(15)18-2)12-17-8-6-16-7-9-17/h4-5,11,16H,3,6-10,12H2,1-2H3. The van der Waals surface area contributed by atoms with Crippen LogP contribution < -0.4 is 14.8 Å². The fourth-order valence-corrected chi connectivity index (χ4v) is 2.27. The van der Waals surface area contributed by atoms with Crippen LogP contribution in [-0.4, -0.2) is 44.8 Å². The van der Waals surface area contributed by atoms with Gasteiger partial charge in [0.1, 0.15) is 0 Å². The zero-order chi connectivity index (χ0) is 13.5. The molecule has 106 valence electrons. The van der Waals surface area contributed by atoms with Gasteiger partial charge in [0.2, 0.25) is 0 Å². The highest BCUT2D eigenvalue weighted by molar-refractivity contribution is 5.43. The highest BCUT2D eigenvalue weighted by atomic mass is 16.5. The topological polar surface area (TPSA) is 33.7 Å². The van der Waals surface area contributed by atoms with E-state index in [0.29, 0.717) is 0 Å². The lowest BCUT2D eigenvalue weighted by Gasteiger charge is -2.27. The molecule has 1 aromatic carbocycles. The predicted octanol–water partition coefficient (Wildman–Crippen LogP) is 1.89. The summed E-state index contributed by atoms with van der Waals surface area (Å²) in [5.74, 6) is 1.68. The molecule has 1 aliphatic rings. The minimum Gasteiger partial charge on any atom is -0.493 e. The molecule has 1 heterocycles.